The van der Waals surface area contributed by atoms with Gasteiger partial charge in [0.05, 0.1) is 11.0 Å². The minimum absolute atomic E-state index is 0.127. The van der Waals surface area contributed by atoms with E-state index in [1.54, 1.807) is 4.90 Å². The normalized spacial score (nSPS) is 22.5. The van der Waals surface area contributed by atoms with E-state index in [0.717, 1.165) is 6.20 Å². The molecule has 0 aromatic carbocycles. The molecule has 2 rings (SSSR count). The summed E-state index contributed by atoms with van der Waals surface area (Å²) >= 11 is 0. The van der Waals surface area contributed by atoms with Crippen LogP contribution < -0.4 is 4.90 Å². The number of methoxy groups -OCH3 is 1. The summed E-state index contributed by atoms with van der Waals surface area (Å²) in [5.41, 5.74) is -0.127. The van der Waals surface area contributed by atoms with E-state index in [0.29, 0.717) is 18.8 Å². The number of carboxylic acids is 1. The van der Waals surface area contributed by atoms with Gasteiger partial charge in [0, 0.05) is 26.1 Å². The van der Waals surface area contributed by atoms with E-state index < -0.39 is 16.9 Å². The molecule has 1 aliphatic rings. The first-order chi connectivity index (χ1) is 9.02. The van der Waals surface area contributed by atoms with Gasteiger partial charge in [-0.15, -0.1) is 0 Å². The van der Waals surface area contributed by atoms with E-state index >= 15 is 0 Å². The zero-order valence-electron chi connectivity index (χ0n) is 10.2. The van der Waals surface area contributed by atoms with E-state index in [4.69, 9.17) is 9.84 Å². The zero-order valence-corrected chi connectivity index (χ0v) is 10.2. The summed E-state index contributed by atoms with van der Waals surface area (Å²) in [5, 5.41) is 19.7. The molecular weight excluding hydrogens is 254 g/mol. The summed E-state index contributed by atoms with van der Waals surface area (Å²) in [6, 6.07) is 2.03. The average molecular weight is 267 g/mol. The molecule has 0 spiro atoms. The standard InChI is InChI=1S/C11H13N3O5/c1-19-8-4-9(11(15)16)13(6-8)10-3-2-7(5-12-10)14(17)18/h2-3,5,8-9H,4,6H2,1H3,(H,15,16). The molecule has 8 heteroatoms. The number of hydrogen-bond acceptors (Lipinski definition) is 6. The Labute approximate surface area is 108 Å². The third kappa shape index (κ3) is 2.63. The van der Waals surface area contributed by atoms with Crippen LogP contribution in [0.4, 0.5) is 11.5 Å². The fraction of sp³-hybridized carbons (Fsp3) is 0.455. The molecule has 19 heavy (non-hydrogen) atoms. The van der Waals surface area contributed by atoms with Crippen molar-refractivity contribution in [2.24, 2.45) is 0 Å². The topological polar surface area (TPSA) is 106 Å². The van der Waals surface area contributed by atoms with Crippen LogP contribution in [0.3, 0.4) is 0 Å². The van der Waals surface area contributed by atoms with Crippen molar-refractivity contribution in [3.8, 4) is 0 Å². The lowest BCUT2D eigenvalue weighted by molar-refractivity contribution is -0.385. The van der Waals surface area contributed by atoms with Gasteiger partial charge in [-0.05, 0) is 6.07 Å². The van der Waals surface area contributed by atoms with Crippen molar-refractivity contribution in [3.05, 3.63) is 28.4 Å². The molecule has 1 saturated heterocycles. The highest BCUT2D eigenvalue weighted by Crippen LogP contribution is 2.26. The molecule has 0 radical (unpaired) electrons. The molecule has 0 aliphatic carbocycles. The lowest BCUT2D eigenvalue weighted by atomic mass is 10.2. The Kier molecular flexibility index (Phi) is 3.61. The van der Waals surface area contributed by atoms with Gasteiger partial charge in [0.1, 0.15) is 18.1 Å². The number of aliphatic carboxylic acids is 1. The number of pyridine rings is 1. The summed E-state index contributed by atoms with van der Waals surface area (Å²) in [5.74, 6) is -0.558. The SMILES string of the molecule is COC1CC(C(=O)O)N(c2ccc([N+](=O)[O-])cn2)C1. The second-order valence-corrected chi connectivity index (χ2v) is 4.23. The molecule has 102 valence electrons. The Balaban J connectivity index is 2.23. The van der Waals surface area contributed by atoms with Gasteiger partial charge in [0.2, 0.25) is 0 Å². The van der Waals surface area contributed by atoms with Crippen molar-refractivity contribution in [2.75, 3.05) is 18.6 Å². The molecule has 8 nitrogen and oxygen atoms in total. The van der Waals surface area contributed by atoms with Crippen LogP contribution in [0.25, 0.3) is 0 Å². The van der Waals surface area contributed by atoms with Gasteiger partial charge >= 0.3 is 5.97 Å². The maximum atomic E-state index is 11.2. The van der Waals surface area contributed by atoms with Crippen molar-refractivity contribution in [1.29, 1.82) is 0 Å². The number of anilines is 1. The van der Waals surface area contributed by atoms with Crippen LogP contribution in [-0.2, 0) is 9.53 Å². The van der Waals surface area contributed by atoms with Crippen molar-refractivity contribution >= 4 is 17.5 Å². The molecule has 1 aliphatic heterocycles. The highest BCUT2D eigenvalue weighted by molar-refractivity contribution is 5.78. The lowest BCUT2D eigenvalue weighted by Crippen LogP contribution is -2.36. The Morgan fingerprint density at radius 1 is 1.63 bits per heavy atom. The van der Waals surface area contributed by atoms with Gasteiger partial charge in [-0.25, -0.2) is 9.78 Å². The third-order valence-corrected chi connectivity index (χ3v) is 3.12. The highest BCUT2D eigenvalue weighted by atomic mass is 16.6. The lowest BCUT2D eigenvalue weighted by Gasteiger charge is -2.21. The molecule has 1 fully saturated rings. The van der Waals surface area contributed by atoms with Gasteiger partial charge in [-0.3, -0.25) is 10.1 Å². The monoisotopic (exact) mass is 267 g/mol. The van der Waals surface area contributed by atoms with Crippen LogP contribution in [0.2, 0.25) is 0 Å². The van der Waals surface area contributed by atoms with Crippen LogP contribution >= 0.6 is 0 Å². The summed E-state index contributed by atoms with van der Waals surface area (Å²) in [6.07, 6.45) is 1.30. The number of hydrogen-bond donors (Lipinski definition) is 1. The second-order valence-electron chi connectivity index (χ2n) is 4.23. The van der Waals surface area contributed by atoms with Gasteiger partial charge in [0.25, 0.3) is 5.69 Å². The smallest absolute Gasteiger partial charge is 0.326 e. The number of ether oxygens (including phenoxy) is 1. The third-order valence-electron chi connectivity index (χ3n) is 3.12. The molecule has 0 bridgehead atoms. The predicted molar refractivity (Wildman–Crippen MR) is 65.1 cm³/mol. The largest absolute Gasteiger partial charge is 0.480 e. The number of nitrogens with zero attached hydrogens (tertiary/aromatic N) is 3. The van der Waals surface area contributed by atoms with Crippen molar-refractivity contribution < 1.29 is 19.6 Å². The minimum Gasteiger partial charge on any atom is -0.480 e. The first kappa shape index (κ1) is 13.2. The number of carbonyl (C=O) groups is 1. The number of carboxylic acid groups (broad SMARTS) is 1. The van der Waals surface area contributed by atoms with Crippen molar-refractivity contribution in [1.82, 2.24) is 4.98 Å². The molecule has 0 amide bonds. The van der Waals surface area contributed by atoms with E-state index in [2.05, 4.69) is 4.98 Å². The molecule has 1 aromatic rings. The molecule has 2 unspecified atom stereocenters. The Morgan fingerprint density at radius 3 is 2.84 bits per heavy atom. The summed E-state index contributed by atoms with van der Waals surface area (Å²) in [7, 11) is 1.52. The number of aromatic nitrogens is 1. The van der Waals surface area contributed by atoms with Gasteiger partial charge in [0.15, 0.2) is 0 Å². The molecule has 1 N–H and O–H groups in total. The van der Waals surface area contributed by atoms with Gasteiger partial charge < -0.3 is 14.7 Å². The second kappa shape index (κ2) is 5.19. The van der Waals surface area contributed by atoms with Crippen LogP contribution in [0.1, 0.15) is 6.42 Å². The van der Waals surface area contributed by atoms with Crippen LogP contribution in [0.15, 0.2) is 18.3 Å². The fourth-order valence-corrected chi connectivity index (χ4v) is 2.11. The zero-order chi connectivity index (χ0) is 14.0. The summed E-state index contributed by atoms with van der Waals surface area (Å²) < 4.78 is 5.16. The molecule has 2 atom stereocenters. The molecule has 1 aromatic heterocycles. The number of nitro groups is 1. The van der Waals surface area contributed by atoms with E-state index in [1.807, 2.05) is 0 Å². The molecular formula is C11H13N3O5. The maximum Gasteiger partial charge on any atom is 0.326 e. The summed E-state index contributed by atoms with van der Waals surface area (Å²) in [6.45, 7) is 0.401. The Bertz CT molecular complexity index is 490. The van der Waals surface area contributed by atoms with Crippen molar-refractivity contribution in [3.63, 3.8) is 0 Å². The van der Waals surface area contributed by atoms with E-state index in [9.17, 15) is 14.9 Å². The van der Waals surface area contributed by atoms with Crippen LogP contribution in [0.5, 0.6) is 0 Å². The average Bonchev–Trinajstić information content (AvgIpc) is 2.83. The predicted octanol–water partition coefficient (Wildman–Crippen LogP) is 0.668. The molecule has 0 saturated carbocycles. The van der Waals surface area contributed by atoms with Crippen LogP contribution in [0, 0.1) is 10.1 Å². The first-order valence-corrected chi connectivity index (χ1v) is 5.65. The van der Waals surface area contributed by atoms with Crippen molar-refractivity contribution in [2.45, 2.75) is 18.6 Å². The van der Waals surface area contributed by atoms with Gasteiger partial charge in [-0.1, -0.05) is 0 Å². The Hall–Kier alpha value is -2.22. The maximum absolute atomic E-state index is 11.2. The van der Waals surface area contributed by atoms with E-state index in [-0.39, 0.29) is 11.8 Å². The van der Waals surface area contributed by atoms with Crippen LogP contribution in [-0.4, -0.2) is 46.8 Å². The molecule has 2 heterocycles. The highest BCUT2D eigenvalue weighted by Gasteiger charge is 2.37. The fourth-order valence-electron chi connectivity index (χ4n) is 2.11. The Morgan fingerprint density at radius 2 is 2.37 bits per heavy atom. The van der Waals surface area contributed by atoms with E-state index in [1.165, 1.54) is 19.2 Å². The summed E-state index contributed by atoms with van der Waals surface area (Å²) in [4.78, 5) is 26.7. The quantitative estimate of drug-likeness (QED) is 0.631. The first-order valence-electron chi connectivity index (χ1n) is 5.65. The minimum atomic E-state index is -0.959. The number of rotatable bonds is 4. The van der Waals surface area contributed by atoms with Gasteiger partial charge in [-0.2, -0.15) is 0 Å².